The smallest absolute Gasteiger partial charge is 0.228 e. The summed E-state index contributed by atoms with van der Waals surface area (Å²) in [7, 11) is 1.84. The van der Waals surface area contributed by atoms with Crippen molar-refractivity contribution < 1.29 is 9.53 Å². The van der Waals surface area contributed by atoms with Gasteiger partial charge in [-0.25, -0.2) is 19.6 Å². The Morgan fingerprint density at radius 3 is 2.88 bits per heavy atom. The minimum Gasteiger partial charge on any atom is -0.477 e. The zero-order valence-corrected chi connectivity index (χ0v) is 23.0. The summed E-state index contributed by atoms with van der Waals surface area (Å²) in [6, 6.07) is 3.80. The molecule has 0 radical (unpaired) electrons. The quantitative estimate of drug-likeness (QED) is 0.414. The molecular weight excluding hydrogens is 508 g/mol. The van der Waals surface area contributed by atoms with Crippen LogP contribution in [0.2, 0.25) is 0 Å². The van der Waals surface area contributed by atoms with E-state index in [2.05, 4.69) is 32.2 Å². The van der Waals surface area contributed by atoms with Gasteiger partial charge in [-0.05, 0) is 44.8 Å². The van der Waals surface area contributed by atoms with Gasteiger partial charge in [0.1, 0.15) is 17.2 Å². The molecule has 1 unspecified atom stereocenters. The maximum atomic E-state index is 13.3. The second kappa shape index (κ2) is 10.2. The first-order valence-corrected chi connectivity index (χ1v) is 14.2. The number of carbonyl (C=O) groups excluding carboxylic acids is 1. The van der Waals surface area contributed by atoms with Crippen LogP contribution in [-0.2, 0) is 11.8 Å². The number of piperidine rings is 1. The lowest BCUT2D eigenvalue weighted by molar-refractivity contribution is -0.117. The van der Waals surface area contributed by atoms with Gasteiger partial charge in [0.2, 0.25) is 11.8 Å². The number of hydrogen-bond donors (Lipinski definition) is 1. The second-order valence-corrected chi connectivity index (χ2v) is 11.2. The molecule has 7 rings (SSSR count). The van der Waals surface area contributed by atoms with Crippen LogP contribution in [0.1, 0.15) is 45.1 Å². The molecule has 0 spiro atoms. The van der Waals surface area contributed by atoms with E-state index in [4.69, 9.17) is 14.8 Å². The van der Waals surface area contributed by atoms with Crippen LogP contribution in [0, 0.1) is 5.92 Å². The van der Waals surface area contributed by atoms with Gasteiger partial charge in [0.15, 0.2) is 11.6 Å². The monoisotopic (exact) mass is 542 g/mol. The molecule has 3 aliphatic rings. The van der Waals surface area contributed by atoms with Crippen LogP contribution in [0.3, 0.4) is 0 Å². The average Bonchev–Trinajstić information content (AvgIpc) is 3.63. The fraction of sp³-hybridized carbons (Fsp3) is 0.500. The van der Waals surface area contributed by atoms with E-state index in [1.807, 2.05) is 28.9 Å². The van der Waals surface area contributed by atoms with Crippen molar-refractivity contribution in [1.82, 2.24) is 39.4 Å². The van der Waals surface area contributed by atoms with Gasteiger partial charge in [-0.3, -0.25) is 14.4 Å². The number of hydrogen-bond acceptors (Lipinski definition) is 9. The Morgan fingerprint density at radius 2 is 2.00 bits per heavy atom. The lowest BCUT2D eigenvalue weighted by atomic mass is 10.1. The molecule has 1 N–H and O–H groups in total. The van der Waals surface area contributed by atoms with Crippen molar-refractivity contribution in [1.29, 1.82) is 0 Å². The summed E-state index contributed by atoms with van der Waals surface area (Å²) < 4.78 is 9.91. The number of likely N-dealkylation sites (tertiary alicyclic amines) is 1. The first-order valence-electron chi connectivity index (χ1n) is 14.2. The molecule has 0 saturated carbocycles. The number of anilines is 3. The number of amides is 1. The first-order chi connectivity index (χ1) is 19.5. The van der Waals surface area contributed by atoms with Crippen LogP contribution in [0.25, 0.3) is 22.3 Å². The molecule has 208 valence electrons. The van der Waals surface area contributed by atoms with Crippen LogP contribution in [0.4, 0.5) is 17.5 Å². The molecule has 2 fully saturated rings. The van der Waals surface area contributed by atoms with Gasteiger partial charge in [0.25, 0.3) is 0 Å². The molecule has 3 aliphatic heterocycles. The maximum Gasteiger partial charge on any atom is 0.228 e. The van der Waals surface area contributed by atoms with Crippen LogP contribution in [-0.4, -0.2) is 78.1 Å². The van der Waals surface area contributed by atoms with Gasteiger partial charge >= 0.3 is 0 Å². The third-order valence-electron chi connectivity index (χ3n) is 8.23. The molecule has 12 nitrogen and oxygen atoms in total. The summed E-state index contributed by atoms with van der Waals surface area (Å²) in [6.07, 6.45) is 10.3. The Kier molecular flexibility index (Phi) is 6.34. The van der Waals surface area contributed by atoms with E-state index in [0.29, 0.717) is 61.1 Å². The Balaban J connectivity index is 1.23. The van der Waals surface area contributed by atoms with Crippen molar-refractivity contribution >= 4 is 34.3 Å². The van der Waals surface area contributed by atoms with Gasteiger partial charge in [-0.15, -0.1) is 0 Å². The van der Waals surface area contributed by atoms with E-state index in [9.17, 15) is 4.79 Å². The predicted molar refractivity (Wildman–Crippen MR) is 151 cm³/mol. The Labute approximate surface area is 232 Å². The van der Waals surface area contributed by atoms with Crippen molar-refractivity contribution in [2.75, 3.05) is 43.0 Å². The highest BCUT2D eigenvalue weighted by molar-refractivity contribution is 6.03. The number of rotatable bonds is 3. The third-order valence-corrected chi connectivity index (χ3v) is 8.23. The second-order valence-electron chi connectivity index (χ2n) is 11.2. The highest BCUT2D eigenvalue weighted by Crippen LogP contribution is 2.35. The van der Waals surface area contributed by atoms with Crippen molar-refractivity contribution in [2.45, 2.75) is 45.1 Å². The molecule has 2 atom stereocenters. The largest absolute Gasteiger partial charge is 0.477 e. The highest BCUT2D eigenvalue weighted by atomic mass is 16.5. The molecule has 7 heterocycles. The standard InChI is InChI=1S/C28H34N10O2/c1-18-7-11-40-28-21(15-31-35(28)2)26-29-8-6-23(33-26)32-24-13-22-20(14-30-24)27(34-38(18)22)37-17-19(12-25(37)39)16-36-9-4-3-5-10-36/h6,8,13-15,18-19H,3-5,7,9-12,16-17H2,1-2H3,(H,29,30,32,33)/t18-,19?/m0/s1. The fourth-order valence-electron chi connectivity index (χ4n) is 6.12. The van der Waals surface area contributed by atoms with E-state index in [0.717, 1.165) is 36.1 Å². The Hall–Kier alpha value is -4.06. The van der Waals surface area contributed by atoms with Gasteiger partial charge in [0, 0.05) is 51.4 Å². The van der Waals surface area contributed by atoms with Crippen LogP contribution in [0.15, 0.2) is 30.7 Å². The lowest BCUT2D eigenvalue weighted by Crippen LogP contribution is -2.35. The van der Waals surface area contributed by atoms with Crippen LogP contribution >= 0.6 is 0 Å². The number of nitrogens with zero attached hydrogens (tertiary/aromatic N) is 9. The molecule has 4 aromatic rings. The van der Waals surface area contributed by atoms with Crippen LogP contribution < -0.4 is 15.0 Å². The SMILES string of the molecule is C[C@H]1CCOc2c(cnn2C)-c2nccc(n2)Nc2cc3c(cn2)c(N2CC(CN4CCCCC4)CC2=O)nn31. The molecule has 40 heavy (non-hydrogen) atoms. The number of nitrogens with one attached hydrogen (secondary N) is 1. The van der Waals surface area contributed by atoms with Crippen molar-refractivity contribution in [3.63, 3.8) is 0 Å². The third kappa shape index (κ3) is 4.55. The number of pyridine rings is 1. The molecule has 1 amide bonds. The molecular formula is C28H34N10O2. The summed E-state index contributed by atoms with van der Waals surface area (Å²) in [5, 5.41) is 13.6. The zero-order valence-electron chi connectivity index (χ0n) is 23.0. The molecule has 0 aliphatic carbocycles. The minimum absolute atomic E-state index is 0.0158. The van der Waals surface area contributed by atoms with Gasteiger partial charge < -0.3 is 15.0 Å². The Bertz CT molecular complexity index is 1560. The van der Waals surface area contributed by atoms with E-state index < -0.39 is 0 Å². The minimum atomic E-state index is 0.0158. The van der Waals surface area contributed by atoms with E-state index in [1.54, 1.807) is 23.1 Å². The summed E-state index contributed by atoms with van der Waals surface area (Å²) >= 11 is 0. The number of aromatic nitrogens is 7. The summed E-state index contributed by atoms with van der Waals surface area (Å²) in [5.41, 5.74) is 1.65. The maximum absolute atomic E-state index is 13.3. The van der Waals surface area contributed by atoms with Crippen LogP contribution in [0.5, 0.6) is 5.88 Å². The topological polar surface area (TPSA) is 119 Å². The molecule has 0 aromatic carbocycles. The molecule has 2 saturated heterocycles. The van der Waals surface area contributed by atoms with E-state index in [1.165, 1.54) is 19.3 Å². The zero-order chi connectivity index (χ0) is 27.2. The number of ether oxygens (including phenoxy) is 1. The highest BCUT2D eigenvalue weighted by Gasteiger charge is 2.35. The fourth-order valence-corrected chi connectivity index (χ4v) is 6.12. The summed E-state index contributed by atoms with van der Waals surface area (Å²) in [5.74, 6) is 3.54. The van der Waals surface area contributed by atoms with Crippen molar-refractivity contribution in [2.24, 2.45) is 13.0 Å². The normalized spacial score (nSPS) is 21.8. The lowest BCUT2D eigenvalue weighted by Gasteiger charge is -2.28. The predicted octanol–water partition coefficient (Wildman–Crippen LogP) is 3.55. The van der Waals surface area contributed by atoms with Gasteiger partial charge in [0.05, 0.1) is 29.7 Å². The van der Waals surface area contributed by atoms with E-state index in [-0.39, 0.29) is 11.9 Å². The van der Waals surface area contributed by atoms with Crippen molar-refractivity contribution in [3.8, 4) is 17.3 Å². The number of fused-ring (bicyclic) bond motifs is 5. The van der Waals surface area contributed by atoms with Gasteiger partial charge in [-0.2, -0.15) is 10.2 Å². The van der Waals surface area contributed by atoms with Gasteiger partial charge in [-0.1, -0.05) is 6.42 Å². The number of aryl methyl sites for hydroxylation is 1. The first kappa shape index (κ1) is 24.9. The summed E-state index contributed by atoms with van der Waals surface area (Å²) in [6.45, 7) is 6.51. The average molecular weight is 543 g/mol. The van der Waals surface area contributed by atoms with Crippen molar-refractivity contribution in [3.05, 3.63) is 30.7 Å². The Morgan fingerprint density at radius 1 is 1.12 bits per heavy atom. The molecule has 4 aromatic heterocycles. The molecule has 4 bridgehead atoms. The summed E-state index contributed by atoms with van der Waals surface area (Å²) in [4.78, 5) is 31.5. The van der Waals surface area contributed by atoms with E-state index >= 15 is 0 Å². The number of carbonyl (C=O) groups is 1. The molecule has 12 heteroatoms.